The first-order valence-electron chi connectivity index (χ1n) is 10.1. The minimum absolute atomic E-state index is 0.633. The van der Waals surface area contributed by atoms with Crippen molar-refractivity contribution in [3.63, 3.8) is 0 Å². The number of hydrogen-bond donors (Lipinski definition) is 0. The highest BCUT2D eigenvalue weighted by atomic mass is 16.5. The van der Waals surface area contributed by atoms with Gasteiger partial charge in [-0.2, -0.15) is 0 Å². The molecule has 2 aromatic rings. The van der Waals surface area contributed by atoms with Gasteiger partial charge in [0, 0.05) is 44.9 Å². The Morgan fingerprint density at radius 2 is 1.93 bits per heavy atom. The van der Waals surface area contributed by atoms with E-state index in [2.05, 4.69) is 28.8 Å². The lowest BCUT2D eigenvalue weighted by Crippen LogP contribution is -2.37. The van der Waals surface area contributed by atoms with E-state index in [1.807, 2.05) is 24.3 Å². The Morgan fingerprint density at radius 1 is 1.14 bits per heavy atom. The quantitative estimate of drug-likeness (QED) is 0.578. The summed E-state index contributed by atoms with van der Waals surface area (Å²) in [4.78, 5) is 4.56. The van der Waals surface area contributed by atoms with Crippen molar-refractivity contribution < 1.29 is 18.7 Å². The zero-order chi connectivity index (χ0) is 19.8. The normalized spacial score (nSPS) is 14.8. The fourth-order valence-corrected chi connectivity index (χ4v) is 3.34. The van der Waals surface area contributed by atoms with Gasteiger partial charge in [-0.1, -0.05) is 5.16 Å². The summed E-state index contributed by atoms with van der Waals surface area (Å²) in [6, 6.07) is 7.75. The molecule has 0 bridgehead atoms. The number of ether oxygens (including phenoxy) is 3. The van der Waals surface area contributed by atoms with Crippen molar-refractivity contribution in [2.24, 2.45) is 0 Å². The Balaban J connectivity index is 1.67. The van der Waals surface area contributed by atoms with Gasteiger partial charge >= 0.3 is 0 Å². The zero-order valence-electron chi connectivity index (χ0n) is 17.1. The highest BCUT2D eigenvalue weighted by Gasteiger charge is 2.16. The molecule has 0 amide bonds. The number of hydrogen-bond acceptors (Lipinski definition) is 7. The maximum atomic E-state index is 6.11. The largest absolute Gasteiger partial charge is 0.497 e. The lowest BCUT2D eigenvalue weighted by atomic mass is 10.1. The molecule has 0 unspecified atom stereocenters. The molecule has 1 aromatic heterocycles. The minimum atomic E-state index is 0.633. The Kier molecular flexibility index (Phi) is 7.56. The van der Waals surface area contributed by atoms with E-state index in [0.717, 1.165) is 75.2 Å². The lowest BCUT2D eigenvalue weighted by molar-refractivity contribution is 0.0358. The SMILES string of the molecule is CCN(CC)c1cc(-c2ccc(OC)cc2OCCCN2CCOCC2)on1. The number of anilines is 1. The van der Waals surface area contributed by atoms with Crippen LogP contribution in [0.4, 0.5) is 5.82 Å². The summed E-state index contributed by atoms with van der Waals surface area (Å²) in [5.74, 6) is 3.06. The van der Waals surface area contributed by atoms with E-state index in [1.54, 1.807) is 7.11 Å². The van der Waals surface area contributed by atoms with Crippen molar-refractivity contribution >= 4 is 5.82 Å². The molecule has 1 aliphatic heterocycles. The summed E-state index contributed by atoms with van der Waals surface area (Å²) in [6.07, 6.45) is 0.956. The molecule has 1 fully saturated rings. The van der Waals surface area contributed by atoms with E-state index < -0.39 is 0 Å². The van der Waals surface area contributed by atoms with Gasteiger partial charge in [0.1, 0.15) is 11.5 Å². The predicted molar refractivity (Wildman–Crippen MR) is 109 cm³/mol. The van der Waals surface area contributed by atoms with Gasteiger partial charge in [0.15, 0.2) is 11.6 Å². The summed E-state index contributed by atoms with van der Waals surface area (Å²) >= 11 is 0. The third-order valence-electron chi connectivity index (χ3n) is 5.02. The summed E-state index contributed by atoms with van der Waals surface area (Å²) in [6.45, 7) is 11.3. The molecule has 1 aromatic carbocycles. The van der Waals surface area contributed by atoms with Crippen LogP contribution in [0.1, 0.15) is 20.3 Å². The van der Waals surface area contributed by atoms with E-state index >= 15 is 0 Å². The standard InChI is InChI=1S/C21H31N3O4/c1-4-24(5-2)21-16-20(28-22-21)18-8-7-17(25-3)15-19(18)27-12-6-9-23-10-13-26-14-11-23/h7-8,15-16H,4-6,9-14H2,1-3H3. The summed E-state index contributed by atoms with van der Waals surface area (Å²) < 4.78 is 22.5. The molecule has 0 saturated carbocycles. The van der Waals surface area contributed by atoms with Crippen LogP contribution in [-0.2, 0) is 4.74 Å². The molecule has 0 atom stereocenters. The van der Waals surface area contributed by atoms with Gasteiger partial charge in [-0.3, -0.25) is 4.90 Å². The van der Waals surface area contributed by atoms with E-state index in [0.29, 0.717) is 12.4 Å². The molecule has 3 rings (SSSR count). The van der Waals surface area contributed by atoms with Gasteiger partial charge < -0.3 is 23.6 Å². The first-order chi connectivity index (χ1) is 13.7. The molecule has 2 heterocycles. The maximum absolute atomic E-state index is 6.11. The van der Waals surface area contributed by atoms with Crippen LogP contribution in [0.3, 0.4) is 0 Å². The lowest BCUT2D eigenvalue weighted by Gasteiger charge is -2.26. The predicted octanol–water partition coefficient (Wildman–Crippen LogP) is 3.30. The molecular weight excluding hydrogens is 358 g/mol. The second kappa shape index (κ2) is 10.3. The van der Waals surface area contributed by atoms with Crippen LogP contribution in [0, 0.1) is 0 Å². The van der Waals surface area contributed by atoms with Crippen LogP contribution in [0.25, 0.3) is 11.3 Å². The van der Waals surface area contributed by atoms with E-state index in [4.69, 9.17) is 18.7 Å². The molecule has 0 N–H and O–H groups in total. The Morgan fingerprint density at radius 3 is 2.64 bits per heavy atom. The number of methoxy groups -OCH3 is 1. The van der Waals surface area contributed by atoms with Crippen molar-refractivity contribution in [3.05, 3.63) is 24.3 Å². The van der Waals surface area contributed by atoms with Gasteiger partial charge in [-0.15, -0.1) is 0 Å². The molecule has 0 radical (unpaired) electrons. The van der Waals surface area contributed by atoms with Gasteiger partial charge in [0.2, 0.25) is 0 Å². The molecule has 0 aliphatic carbocycles. The van der Waals surface area contributed by atoms with Gasteiger partial charge in [0.05, 0.1) is 32.5 Å². The van der Waals surface area contributed by atoms with E-state index in [1.165, 1.54) is 0 Å². The summed E-state index contributed by atoms with van der Waals surface area (Å²) in [5, 5.41) is 4.22. The number of morpholine rings is 1. The molecular formula is C21H31N3O4. The average molecular weight is 389 g/mol. The summed E-state index contributed by atoms with van der Waals surface area (Å²) in [7, 11) is 1.66. The third kappa shape index (κ3) is 5.17. The molecule has 7 heteroatoms. The van der Waals surface area contributed by atoms with Gasteiger partial charge in [-0.05, 0) is 32.4 Å². The second-order valence-corrected chi connectivity index (χ2v) is 6.74. The molecule has 0 spiro atoms. The van der Waals surface area contributed by atoms with Crippen molar-refractivity contribution in [2.75, 3.05) is 64.6 Å². The Bertz CT molecular complexity index is 724. The first kappa shape index (κ1) is 20.5. The Labute approximate surface area is 167 Å². The highest BCUT2D eigenvalue weighted by Crippen LogP contribution is 2.35. The van der Waals surface area contributed by atoms with Crippen molar-refractivity contribution in [2.45, 2.75) is 20.3 Å². The zero-order valence-corrected chi connectivity index (χ0v) is 17.1. The molecule has 1 saturated heterocycles. The molecule has 28 heavy (non-hydrogen) atoms. The van der Waals surface area contributed by atoms with Crippen LogP contribution in [0.15, 0.2) is 28.8 Å². The fraction of sp³-hybridized carbons (Fsp3) is 0.571. The van der Waals surface area contributed by atoms with Crippen LogP contribution >= 0.6 is 0 Å². The van der Waals surface area contributed by atoms with E-state index in [9.17, 15) is 0 Å². The number of rotatable bonds is 10. The minimum Gasteiger partial charge on any atom is -0.497 e. The van der Waals surface area contributed by atoms with Gasteiger partial charge in [0.25, 0.3) is 0 Å². The van der Waals surface area contributed by atoms with Gasteiger partial charge in [-0.25, -0.2) is 0 Å². The van der Waals surface area contributed by atoms with Crippen molar-refractivity contribution in [3.8, 4) is 22.8 Å². The van der Waals surface area contributed by atoms with E-state index in [-0.39, 0.29) is 0 Å². The second-order valence-electron chi connectivity index (χ2n) is 6.74. The van der Waals surface area contributed by atoms with Crippen LogP contribution in [0.5, 0.6) is 11.5 Å². The molecule has 7 nitrogen and oxygen atoms in total. The molecule has 154 valence electrons. The number of aromatic nitrogens is 1. The number of benzene rings is 1. The fourth-order valence-electron chi connectivity index (χ4n) is 3.34. The third-order valence-corrected chi connectivity index (χ3v) is 5.02. The highest BCUT2D eigenvalue weighted by molar-refractivity contribution is 5.69. The molecule has 1 aliphatic rings. The maximum Gasteiger partial charge on any atom is 0.172 e. The van der Waals surface area contributed by atoms with Crippen molar-refractivity contribution in [1.29, 1.82) is 0 Å². The summed E-state index contributed by atoms with van der Waals surface area (Å²) in [5.41, 5.74) is 0.887. The smallest absolute Gasteiger partial charge is 0.172 e. The monoisotopic (exact) mass is 389 g/mol. The number of nitrogens with zero attached hydrogens (tertiary/aromatic N) is 3. The average Bonchev–Trinajstić information content (AvgIpc) is 3.22. The first-order valence-corrected chi connectivity index (χ1v) is 10.1. The topological polar surface area (TPSA) is 60.2 Å². The van der Waals surface area contributed by atoms with Crippen LogP contribution in [-0.4, -0.2) is 69.7 Å². The van der Waals surface area contributed by atoms with Crippen LogP contribution < -0.4 is 14.4 Å². The van der Waals surface area contributed by atoms with Crippen molar-refractivity contribution in [1.82, 2.24) is 10.1 Å². The van der Waals surface area contributed by atoms with Crippen LogP contribution in [0.2, 0.25) is 0 Å². The Hall–Kier alpha value is -2.25.